The van der Waals surface area contributed by atoms with Crippen molar-refractivity contribution in [2.24, 2.45) is 11.8 Å². The Morgan fingerprint density at radius 3 is 2.00 bits per heavy atom. The fourth-order valence-electron chi connectivity index (χ4n) is 4.00. The van der Waals surface area contributed by atoms with Crippen molar-refractivity contribution in [2.75, 3.05) is 41.3 Å². The zero-order chi connectivity index (χ0) is 19.4. The summed E-state index contributed by atoms with van der Waals surface area (Å²) in [5.41, 5.74) is 0. The van der Waals surface area contributed by atoms with Crippen LogP contribution in [0.5, 0.6) is 0 Å². The van der Waals surface area contributed by atoms with E-state index in [1.807, 2.05) is 0 Å². The molecule has 0 aromatic carbocycles. The summed E-state index contributed by atoms with van der Waals surface area (Å²) in [5, 5.41) is 6.99. The molecule has 0 spiro atoms. The minimum absolute atomic E-state index is 0.276. The van der Waals surface area contributed by atoms with Crippen LogP contribution in [0.1, 0.15) is 53.4 Å². The molecule has 1 aromatic rings. The summed E-state index contributed by atoms with van der Waals surface area (Å²) in [7, 11) is 0. The molecular formula is C20H34N6S. The SMILES string of the molecule is CC(C)NC(=S)Nc1nc(N2CCC[C@@H](C)C2)cc(N2CCC[C@@H](C)C2)n1. The maximum absolute atomic E-state index is 5.42. The molecule has 1 aromatic heterocycles. The van der Waals surface area contributed by atoms with Gasteiger partial charge in [-0.15, -0.1) is 0 Å². The fraction of sp³-hybridized carbons (Fsp3) is 0.750. The van der Waals surface area contributed by atoms with Gasteiger partial charge in [-0.2, -0.15) is 9.97 Å². The van der Waals surface area contributed by atoms with Crippen LogP contribution in [0.3, 0.4) is 0 Å². The Kier molecular flexibility index (Phi) is 6.73. The molecule has 0 radical (unpaired) electrons. The zero-order valence-electron chi connectivity index (χ0n) is 17.2. The number of hydrogen-bond acceptors (Lipinski definition) is 5. The molecule has 27 heavy (non-hydrogen) atoms. The van der Waals surface area contributed by atoms with Gasteiger partial charge >= 0.3 is 0 Å². The standard InChI is InChI=1S/C20H34N6S/c1-14(2)21-20(27)24-19-22-17(25-9-5-7-15(3)12-25)11-18(23-19)26-10-6-8-16(4)13-26/h11,14-16H,5-10,12-13H2,1-4H3,(H2,21,22,23,24,27)/t15-,16-/m1/s1. The first-order valence-corrected chi connectivity index (χ1v) is 10.8. The number of nitrogens with one attached hydrogen (secondary N) is 2. The van der Waals surface area contributed by atoms with Crippen molar-refractivity contribution < 1.29 is 0 Å². The van der Waals surface area contributed by atoms with E-state index in [0.717, 1.165) is 37.8 Å². The van der Waals surface area contributed by atoms with Gasteiger partial charge < -0.3 is 20.4 Å². The Bertz CT molecular complexity index is 609. The summed E-state index contributed by atoms with van der Waals surface area (Å²) in [6.07, 6.45) is 5.03. The van der Waals surface area contributed by atoms with Crippen molar-refractivity contribution in [2.45, 2.75) is 59.4 Å². The molecule has 150 valence electrons. The number of thiocarbonyl (C=S) groups is 1. The van der Waals surface area contributed by atoms with Crippen LogP contribution < -0.4 is 20.4 Å². The maximum Gasteiger partial charge on any atom is 0.232 e. The highest BCUT2D eigenvalue weighted by Crippen LogP contribution is 2.28. The van der Waals surface area contributed by atoms with Crippen molar-refractivity contribution in [1.29, 1.82) is 0 Å². The van der Waals surface area contributed by atoms with Crippen molar-refractivity contribution in [3.63, 3.8) is 0 Å². The van der Waals surface area contributed by atoms with E-state index in [0.29, 0.717) is 22.9 Å². The van der Waals surface area contributed by atoms with E-state index in [4.69, 9.17) is 22.2 Å². The van der Waals surface area contributed by atoms with Gasteiger partial charge in [0, 0.05) is 38.3 Å². The molecule has 2 aliphatic rings. The third-order valence-corrected chi connectivity index (χ3v) is 5.53. The van der Waals surface area contributed by atoms with Crippen LogP contribution in [-0.4, -0.2) is 47.3 Å². The molecule has 2 N–H and O–H groups in total. The summed E-state index contributed by atoms with van der Waals surface area (Å²) in [4.78, 5) is 14.4. The molecule has 6 nitrogen and oxygen atoms in total. The lowest BCUT2D eigenvalue weighted by atomic mass is 10.00. The number of aromatic nitrogens is 2. The van der Waals surface area contributed by atoms with Gasteiger partial charge in [0.05, 0.1) is 0 Å². The Morgan fingerprint density at radius 2 is 1.56 bits per heavy atom. The van der Waals surface area contributed by atoms with Crippen LogP contribution in [0.15, 0.2) is 6.07 Å². The third kappa shape index (κ3) is 5.67. The Morgan fingerprint density at radius 1 is 1.04 bits per heavy atom. The molecule has 0 bridgehead atoms. The second-order valence-corrected chi connectivity index (χ2v) is 8.96. The van der Waals surface area contributed by atoms with Crippen molar-refractivity contribution in [3.8, 4) is 0 Å². The Balaban J connectivity index is 1.86. The number of anilines is 3. The van der Waals surface area contributed by atoms with Crippen LogP contribution in [0.2, 0.25) is 0 Å². The van der Waals surface area contributed by atoms with Gasteiger partial charge in [-0.1, -0.05) is 13.8 Å². The van der Waals surface area contributed by atoms with Crippen molar-refractivity contribution >= 4 is 34.9 Å². The number of hydrogen-bond donors (Lipinski definition) is 2. The van der Waals surface area contributed by atoms with E-state index < -0.39 is 0 Å². The van der Waals surface area contributed by atoms with E-state index in [2.05, 4.69) is 54.2 Å². The van der Waals surface area contributed by atoms with Gasteiger partial charge in [0.2, 0.25) is 5.95 Å². The largest absolute Gasteiger partial charge is 0.360 e. The van der Waals surface area contributed by atoms with Crippen LogP contribution in [0, 0.1) is 11.8 Å². The normalized spacial score (nSPS) is 23.4. The predicted octanol–water partition coefficient (Wildman–Crippen LogP) is 3.64. The first-order chi connectivity index (χ1) is 12.9. The fourth-order valence-corrected chi connectivity index (χ4v) is 4.32. The lowest BCUT2D eigenvalue weighted by Crippen LogP contribution is -2.38. The molecule has 0 amide bonds. The van der Waals surface area contributed by atoms with E-state index in [9.17, 15) is 0 Å². The topological polar surface area (TPSA) is 56.3 Å². The van der Waals surface area contributed by atoms with E-state index >= 15 is 0 Å². The maximum atomic E-state index is 5.42. The molecule has 7 heteroatoms. The van der Waals surface area contributed by atoms with Gasteiger partial charge in [0.15, 0.2) is 5.11 Å². The lowest BCUT2D eigenvalue weighted by Gasteiger charge is -2.35. The smallest absolute Gasteiger partial charge is 0.232 e. The van der Waals surface area contributed by atoms with Gasteiger partial charge in [0.25, 0.3) is 0 Å². The van der Waals surface area contributed by atoms with Crippen molar-refractivity contribution in [1.82, 2.24) is 15.3 Å². The van der Waals surface area contributed by atoms with Crippen molar-refractivity contribution in [3.05, 3.63) is 6.07 Å². The van der Waals surface area contributed by atoms with Crippen LogP contribution in [0.25, 0.3) is 0 Å². The molecule has 2 aliphatic heterocycles. The van der Waals surface area contributed by atoms with Gasteiger partial charge in [-0.05, 0) is 63.6 Å². The average Bonchev–Trinajstić information content (AvgIpc) is 2.60. The van der Waals surface area contributed by atoms with E-state index in [-0.39, 0.29) is 6.04 Å². The summed E-state index contributed by atoms with van der Waals surface area (Å²) in [5.74, 6) is 4.02. The summed E-state index contributed by atoms with van der Waals surface area (Å²) in [6, 6.07) is 2.44. The highest BCUT2D eigenvalue weighted by atomic mass is 32.1. The monoisotopic (exact) mass is 390 g/mol. The summed E-state index contributed by atoms with van der Waals surface area (Å²) >= 11 is 5.42. The highest BCUT2D eigenvalue weighted by molar-refractivity contribution is 7.80. The minimum Gasteiger partial charge on any atom is -0.360 e. The summed E-state index contributed by atoms with van der Waals surface area (Å²) < 4.78 is 0. The van der Waals surface area contributed by atoms with E-state index in [1.54, 1.807) is 0 Å². The molecule has 2 atom stereocenters. The quantitative estimate of drug-likeness (QED) is 0.761. The van der Waals surface area contributed by atoms with Crippen LogP contribution in [-0.2, 0) is 0 Å². The van der Waals surface area contributed by atoms with E-state index in [1.165, 1.54) is 25.7 Å². The molecule has 2 saturated heterocycles. The second kappa shape index (κ2) is 9.04. The number of rotatable bonds is 4. The molecule has 0 unspecified atom stereocenters. The predicted molar refractivity (Wildman–Crippen MR) is 118 cm³/mol. The van der Waals surface area contributed by atoms with Crippen LogP contribution >= 0.6 is 12.2 Å². The Hall–Kier alpha value is -1.63. The van der Waals surface area contributed by atoms with Gasteiger partial charge in [0.1, 0.15) is 11.6 Å². The van der Waals surface area contributed by atoms with Gasteiger partial charge in [-0.3, -0.25) is 0 Å². The zero-order valence-corrected chi connectivity index (χ0v) is 18.0. The molecule has 0 aliphatic carbocycles. The third-order valence-electron chi connectivity index (χ3n) is 5.31. The molecule has 0 saturated carbocycles. The van der Waals surface area contributed by atoms with Crippen LogP contribution in [0.4, 0.5) is 17.6 Å². The lowest BCUT2D eigenvalue weighted by molar-refractivity contribution is 0.441. The van der Waals surface area contributed by atoms with Gasteiger partial charge in [-0.25, -0.2) is 0 Å². The first-order valence-electron chi connectivity index (χ1n) is 10.4. The number of nitrogens with zero attached hydrogens (tertiary/aromatic N) is 4. The second-order valence-electron chi connectivity index (χ2n) is 8.55. The number of piperidine rings is 2. The minimum atomic E-state index is 0.276. The molecule has 3 rings (SSSR count). The first kappa shape index (κ1) is 20.1. The molecule has 2 fully saturated rings. The summed E-state index contributed by atoms with van der Waals surface area (Å²) in [6.45, 7) is 13.0. The Labute approximate surface area is 169 Å². The highest BCUT2D eigenvalue weighted by Gasteiger charge is 2.23. The average molecular weight is 391 g/mol. The molecular weight excluding hydrogens is 356 g/mol. The molecule has 3 heterocycles.